The zero-order valence-electron chi connectivity index (χ0n) is 22.9. The number of amides is 2. The van der Waals surface area contributed by atoms with Crippen molar-refractivity contribution in [2.75, 3.05) is 32.7 Å². The number of hydrogen-bond donors (Lipinski definition) is 1. The van der Waals surface area contributed by atoms with E-state index in [-0.39, 0.29) is 37.9 Å². The zero-order valence-corrected chi connectivity index (χ0v) is 22.9. The summed E-state index contributed by atoms with van der Waals surface area (Å²) in [5.74, 6) is -1.06. The van der Waals surface area contributed by atoms with Gasteiger partial charge in [-0.15, -0.1) is 0 Å². The van der Waals surface area contributed by atoms with Gasteiger partial charge in [-0.25, -0.2) is 9.59 Å². The molecule has 1 aliphatic heterocycles. The van der Waals surface area contributed by atoms with Gasteiger partial charge < -0.3 is 24.4 Å². The number of carbonyl (C=O) groups excluding carboxylic acids is 4. The molecule has 206 valence electrons. The van der Waals surface area contributed by atoms with E-state index in [1.54, 1.807) is 25.7 Å². The molecule has 1 fully saturated rings. The van der Waals surface area contributed by atoms with Crippen molar-refractivity contribution in [2.24, 2.45) is 0 Å². The van der Waals surface area contributed by atoms with Crippen LogP contribution in [-0.2, 0) is 35.2 Å². The molecule has 1 atom stereocenters. The van der Waals surface area contributed by atoms with Crippen molar-refractivity contribution < 1.29 is 33.4 Å². The van der Waals surface area contributed by atoms with Crippen LogP contribution in [0.2, 0.25) is 0 Å². The maximum atomic E-state index is 12.9. The summed E-state index contributed by atoms with van der Waals surface area (Å²) in [4.78, 5) is 53.7. The number of alkyl carbamates (subject to hydrolysis) is 1. The average molecular weight is 520 g/mol. The summed E-state index contributed by atoms with van der Waals surface area (Å²) in [6, 6.07) is 8.17. The number of benzene rings is 1. The molecule has 0 bridgehead atoms. The Morgan fingerprint density at radius 1 is 0.892 bits per heavy atom. The van der Waals surface area contributed by atoms with Gasteiger partial charge in [-0.3, -0.25) is 14.5 Å². The van der Waals surface area contributed by atoms with Crippen molar-refractivity contribution >= 4 is 23.9 Å². The minimum atomic E-state index is -1.03. The predicted octanol–water partition coefficient (Wildman–Crippen LogP) is 2.89. The molecule has 2 rings (SSSR count). The van der Waals surface area contributed by atoms with E-state index in [9.17, 15) is 19.2 Å². The molecule has 10 nitrogen and oxygen atoms in total. The summed E-state index contributed by atoms with van der Waals surface area (Å²) >= 11 is 0. The standard InChI is InChI=1S/C27H41N3O7/c1-26(2,3)36-23(32)18-29-14-16-30(17-15-29)22(31)13-12-21(28-25(34)37-27(4,5)6)24(33)35-19-20-10-8-7-9-11-20/h7-11,21H,12-19H2,1-6H3,(H,28,34)/t21-/m0/s1. The van der Waals surface area contributed by atoms with Crippen LogP contribution in [-0.4, -0.2) is 83.7 Å². The highest BCUT2D eigenvalue weighted by Crippen LogP contribution is 2.13. The van der Waals surface area contributed by atoms with Crippen LogP contribution in [0.4, 0.5) is 4.79 Å². The first-order valence-corrected chi connectivity index (χ1v) is 12.6. The minimum Gasteiger partial charge on any atom is -0.459 e. The van der Waals surface area contributed by atoms with Crippen molar-refractivity contribution in [1.29, 1.82) is 0 Å². The first kappa shape index (κ1) is 30.1. The lowest BCUT2D eigenvalue weighted by molar-refractivity contribution is -0.156. The lowest BCUT2D eigenvalue weighted by atomic mass is 10.1. The number of ether oxygens (including phenoxy) is 3. The van der Waals surface area contributed by atoms with E-state index in [4.69, 9.17) is 14.2 Å². The number of hydrogen-bond acceptors (Lipinski definition) is 8. The van der Waals surface area contributed by atoms with Gasteiger partial charge in [0, 0.05) is 32.6 Å². The number of carbonyl (C=O) groups is 4. The van der Waals surface area contributed by atoms with Crippen LogP contribution < -0.4 is 5.32 Å². The molecule has 1 N–H and O–H groups in total. The topological polar surface area (TPSA) is 114 Å². The molecular weight excluding hydrogens is 478 g/mol. The van der Waals surface area contributed by atoms with Crippen LogP contribution in [0.3, 0.4) is 0 Å². The monoisotopic (exact) mass is 519 g/mol. The Morgan fingerprint density at radius 2 is 1.49 bits per heavy atom. The third kappa shape index (κ3) is 12.1. The summed E-state index contributed by atoms with van der Waals surface area (Å²) < 4.78 is 16.0. The van der Waals surface area contributed by atoms with Gasteiger partial charge in [-0.05, 0) is 53.5 Å². The summed E-state index contributed by atoms with van der Waals surface area (Å²) in [6.45, 7) is 12.9. The number of nitrogens with one attached hydrogen (secondary N) is 1. The lowest BCUT2D eigenvalue weighted by Gasteiger charge is -2.35. The second-order valence-electron chi connectivity index (χ2n) is 11.1. The maximum absolute atomic E-state index is 12.9. The highest BCUT2D eigenvalue weighted by molar-refractivity contribution is 5.83. The van der Waals surface area contributed by atoms with Crippen LogP contribution in [0.1, 0.15) is 59.9 Å². The SMILES string of the molecule is CC(C)(C)OC(=O)CN1CCN(C(=O)CC[C@H](NC(=O)OC(C)(C)C)C(=O)OCc2ccccc2)CC1. The third-order valence-electron chi connectivity index (χ3n) is 5.34. The minimum absolute atomic E-state index is 0.0486. The number of rotatable bonds is 9. The van der Waals surface area contributed by atoms with E-state index in [0.29, 0.717) is 26.2 Å². The van der Waals surface area contributed by atoms with Gasteiger partial charge in [0.15, 0.2) is 0 Å². The summed E-state index contributed by atoms with van der Waals surface area (Å²) in [6.07, 6.45) is -0.631. The van der Waals surface area contributed by atoms with Crippen LogP contribution in [0.25, 0.3) is 0 Å². The second-order valence-corrected chi connectivity index (χ2v) is 11.1. The Hall–Kier alpha value is -3.14. The average Bonchev–Trinajstić information content (AvgIpc) is 2.78. The molecule has 1 saturated heterocycles. The van der Waals surface area contributed by atoms with Crippen molar-refractivity contribution in [3.8, 4) is 0 Å². The molecule has 1 aromatic rings. The van der Waals surface area contributed by atoms with Gasteiger partial charge in [0.2, 0.25) is 5.91 Å². The summed E-state index contributed by atoms with van der Waals surface area (Å²) in [5, 5.41) is 2.55. The van der Waals surface area contributed by atoms with Gasteiger partial charge in [0.05, 0.1) is 6.54 Å². The summed E-state index contributed by atoms with van der Waals surface area (Å²) in [5.41, 5.74) is -0.467. The molecule has 0 saturated carbocycles. The molecule has 0 radical (unpaired) electrons. The van der Waals surface area contributed by atoms with Crippen molar-refractivity contribution in [1.82, 2.24) is 15.1 Å². The lowest BCUT2D eigenvalue weighted by Crippen LogP contribution is -2.51. The Kier molecular flexibility index (Phi) is 10.9. The fourth-order valence-corrected chi connectivity index (χ4v) is 3.67. The van der Waals surface area contributed by atoms with Gasteiger partial charge in [-0.1, -0.05) is 30.3 Å². The Bertz CT molecular complexity index is 914. The molecule has 1 aromatic carbocycles. The quantitative estimate of drug-likeness (QED) is 0.391. The van der Waals surface area contributed by atoms with Gasteiger partial charge >= 0.3 is 18.0 Å². The van der Waals surface area contributed by atoms with Crippen LogP contribution >= 0.6 is 0 Å². The Morgan fingerprint density at radius 3 is 2.05 bits per heavy atom. The van der Waals surface area contributed by atoms with Crippen LogP contribution in [0.5, 0.6) is 0 Å². The van der Waals surface area contributed by atoms with E-state index >= 15 is 0 Å². The number of piperazine rings is 1. The van der Waals surface area contributed by atoms with Crippen LogP contribution in [0.15, 0.2) is 30.3 Å². The normalized spacial score (nSPS) is 15.5. The predicted molar refractivity (Wildman–Crippen MR) is 137 cm³/mol. The maximum Gasteiger partial charge on any atom is 0.408 e. The summed E-state index contributed by atoms with van der Waals surface area (Å²) in [7, 11) is 0. The molecule has 1 heterocycles. The molecule has 0 aliphatic carbocycles. The molecule has 0 unspecified atom stereocenters. The Balaban J connectivity index is 1.88. The van der Waals surface area contributed by atoms with Crippen molar-refractivity contribution in [3.05, 3.63) is 35.9 Å². The smallest absolute Gasteiger partial charge is 0.408 e. The fraction of sp³-hybridized carbons (Fsp3) is 0.630. The van der Waals surface area contributed by atoms with E-state index in [2.05, 4.69) is 5.32 Å². The van der Waals surface area contributed by atoms with Gasteiger partial charge in [-0.2, -0.15) is 0 Å². The first-order valence-electron chi connectivity index (χ1n) is 12.6. The number of esters is 2. The third-order valence-corrected chi connectivity index (χ3v) is 5.34. The van der Waals surface area contributed by atoms with Crippen molar-refractivity contribution in [2.45, 2.75) is 78.2 Å². The molecule has 0 spiro atoms. The second kappa shape index (κ2) is 13.4. The first-order chi connectivity index (χ1) is 17.2. The van der Waals surface area contributed by atoms with E-state index < -0.39 is 29.3 Å². The number of nitrogens with zero attached hydrogens (tertiary/aromatic N) is 2. The highest BCUT2D eigenvalue weighted by Gasteiger charge is 2.29. The van der Waals surface area contributed by atoms with Crippen molar-refractivity contribution in [3.63, 3.8) is 0 Å². The molecule has 10 heteroatoms. The Labute approximate surface area is 219 Å². The zero-order chi connectivity index (χ0) is 27.6. The largest absolute Gasteiger partial charge is 0.459 e. The molecule has 0 aromatic heterocycles. The van der Waals surface area contributed by atoms with Crippen LogP contribution in [0, 0.1) is 0 Å². The molecule has 1 aliphatic rings. The molecular formula is C27H41N3O7. The van der Waals surface area contributed by atoms with Gasteiger partial charge in [0.25, 0.3) is 0 Å². The van der Waals surface area contributed by atoms with E-state index in [1.807, 2.05) is 56.0 Å². The van der Waals surface area contributed by atoms with Gasteiger partial charge in [0.1, 0.15) is 23.9 Å². The van der Waals surface area contributed by atoms with E-state index in [0.717, 1.165) is 5.56 Å². The van der Waals surface area contributed by atoms with E-state index in [1.165, 1.54) is 0 Å². The fourth-order valence-electron chi connectivity index (χ4n) is 3.67. The highest BCUT2D eigenvalue weighted by atomic mass is 16.6. The molecule has 37 heavy (non-hydrogen) atoms. The molecule has 2 amide bonds.